The quantitative estimate of drug-likeness (QED) is 0.761. The second kappa shape index (κ2) is 9.15. The Balaban J connectivity index is 1.70. The summed E-state index contributed by atoms with van der Waals surface area (Å²) in [4.78, 5) is 16.4. The molecule has 0 atom stereocenters. The van der Waals surface area contributed by atoms with Crippen molar-refractivity contribution in [1.82, 2.24) is 14.5 Å². The van der Waals surface area contributed by atoms with E-state index in [1.807, 2.05) is 42.2 Å². The van der Waals surface area contributed by atoms with E-state index in [1.54, 1.807) is 0 Å². The first-order valence-corrected chi connectivity index (χ1v) is 10.2. The summed E-state index contributed by atoms with van der Waals surface area (Å²) < 4.78 is 26.1. The first-order valence-electron chi connectivity index (χ1n) is 8.56. The van der Waals surface area contributed by atoms with Crippen LogP contribution < -0.4 is 4.72 Å². The molecule has 0 spiro atoms. The van der Waals surface area contributed by atoms with Crippen LogP contribution in [0.15, 0.2) is 30.3 Å². The van der Waals surface area contributed by atoms with Crippen LogP contribution in [-0.4, -0.2) is 69.1 Å². The van der Waals surface area contributed by atoms with Gasteiger partial charge < -0.3 is 4.90 Å². The van der Waals surface area contributed by atoms with E-state index in [-0.39, 0.29) is 11.7 Å². The first-order chi connectivity index (χ1) is 11.5. The Morgan fingerprint density at radius 3 is 2.42 bits per heavy atom. The third-order valence-corrected chi connectivity index (χ3v) is 5.67. The van der Waals surface area contributed by atoms with Crippen LogP contribution in [0.5, 0.6) is 0 Å². The first kappa shape index (κ1) is 18.9. The summed E-state index contributed by atoms with van der Waals surface area (Å²) in [5.74, 6) is 0.263. The number of rotatable bonds is 8. The minimum Gasteiger partial charge on any atom is -0.336 e. The zero-order valence-electron chi connectivity index (χ0n) is 14.3. The molecule has 1 saturated heterocycles. The van der Waals surface area contributed by atoms with Crippen LogP contribution in [-0.2, 0) is 10.0 Å². The molecule has 2 rings (SSSR count). The molecule has 1 N–H and O–H groups in total. The number of carbonyl (C=O) groups is 1. The van der Waals surface area contributed by atoms with Crippen LogP contribution in [0.1, 0.15) is 30.1 Å². The molecule has 1 aliphatic rings. The van der Waals surface area contributed by atoms with E-state index in [4.69, 9.17) is 0 Å². The summed E-state index contributed by atoms with van der Waals surface area (Å²) in [5, 5.41) is 0. The van der Waals surface area contributed by atoms with Crippen molar-refractivity contribution in [2.45, 2.75) is 19.8 Å². The van der Waals surface area contributed by atoms with Gasteiger partial charge in [0.25, 0.3) is 5.91 Å². The van der Waals surface area contributed by atoms with Crippen LogP contribution in [0.25, 0.3) is 0 Å². The number of nitrogens with one attached hydrogen (secondary N) is 1. The van der Waals surface area contributed by atoms with E-state index in [0.29, 0.717) is 32.6 Å². The Morgan fingerprint density at radius 1 is 1.12 bits per heavy atom. The predicted octanol–water partition coefficient (Wildman–Crippen LogP) is 1.16. The monoisotopic (exact) mass is 353 g/mol. The lowest BCUT2D eigenvalue weighted by molar-refractivity contribution is 0.0640. The SMILES string of the molecule is CCCCS(=O)(=O)NCCN1CCN(C(=O)c2ccccc2)CC1. The molecule has 0 aliphatic carbocycles. The Kier molecular flexibility index (Phi) is 7.20. The van der Waals surface area contributed by atoms with Crippen molar-refractivity contribution < 1.29 is 13.2 Å². The van der Waals surface area contributed by atoms with Crippen molar-refractivity contribution in [2.75, 3.05) is 45.0 Å². The lowest BCUT2D eigenvalue weighted by Gasteiger charge is -2.34. The highest BCUT2D eigenvalue weighted by Gasteiger charge is 2.22. The zero-order chi connectivity index (χ0) is 17.4. The molecule has 0 unspecified atom stereocenters. The predicted molar refractivity (Wildman–Crippen MR) is 95.5 cm³/mol. The molecule has 7 heteroatoms. The van der Waals surface area contributed by atoms with Crippen molar-refractivity contribution in [1.29, 1.82) is 0 Å². The highest BCUT2D eigenvalue weighted by molar-refractivity contribution is 7.89. The number of benzene rings is 1. The number of hydrogen-bond donors (Lipinski definition) is 1. The average molecular weight is 353 g/mol. The molecule has 1 aliphatic heterocycles. The molecule has 1 fully saturated rings. The summed E-state index contributed by atoms with van der Waals surface area (Å²) in [6, 6.07) is 9.30. The third-order valence-electron chi connectivity index (χ3n) is 4.20. The van der Waals surface area contributed by atoms with Gasteiger partial charge in [0.15, 0.2) is 0 Å². The number of sulfonamides is 1. The zero-order valence-corrected chi connectivity index (χ0v) is 15.1. The number of carbonyl (C=O) groups excluding carboxylic acids is 1. The molecule has 0 saturated carbocycles. The van der Waals surface area contributed by atoms with E-state index in [0.717, 1.165) is 25.1 Å². The molecule has 1 amide bonds. The maximum atomic E-state index is 12.4. The smallest absolute Gasteiger partial charge is 0.253 e. The number of unbranched alkanes of at least 4 members (excludes halogenated alkanes) is 1. The molecule has 0 radical (unpaired) electrons. The van der Waals surface area contributed by atoms with Gasteiger partial charge in [-0.05, 0) is 18.6 Å². The van der Waals surface area contributed by atoms with Crippen molar-refractivity contribution in [2.24, 2.45) is 0 Å². The molecule has 1 heterocycles. The molecule has 1 aromatic carbocycles. The summed E-state index contributed by atoms with van der Waals surface area (Å²) in [6.45, 7) is 5.99. The maximum Gasteiger partial charge on any atom is 0.253 e. The highest BCUT2D eigenvalue weighted by Crippen LogP contribution is 2.08. The van der Waals surface area contributed by atoms with Gasteiger partial charge in [0.05, 0.1) is 5.75 Å². The van der Waals surface area contributed by atoms with Crippen LogP contribution >= 0.6 is 0 Å². The maximum absolute atomic E-state index is 12.4. The van der Waals surface area contributed by atoms with E-state index in [2.05, 4.69) is 9.62 Å². The number of hydrogen-bond acceptors (Lipinski definition) is 4. The van der Waals surface area contributed by atoms with Gasteiger partial charge in [-0.25, -0.2) is 13.1 Å². The van der Waals surface area contributed by atoms with Crippen LogP contribution in [0.4, 0.5) is 0 Å². The standard InChI is InChI=1S/C17H27N3O3S/c1-2-3-15-24(22,23)18-9-10-19-11-13-20(14-12-19)17(21)16-7-5-4-6-8-16/h4-8,18H,2-3,9-15H2,1H3. The Labute approximate surface area is 144 Å². The Hall–Kier alpha value is -1.44. The second-order valence-corrected chi connectivity index (χ2v) is 7.99. The average Bonchev–Trinajstić information content (AvgIpc) is 2.61. The van der Waals surface area contributed by atoms with Gasteiger partial charge in [-0.2, -0.15) is 0 Å². The van der Waals surface area contributed by atoms with Gasteiger partial charge in [0, 0.05) is 44.8 Å². The van der Waals surface area contributed by atoms with Crippen LogP contribution in [0.2, 0.25) is 0 Å². The molecule has 1 aromatic rings. The minimum absolute atomic E-state index is 0.0653. The largest absolute Gasteiger partial charge is 0.336 e. The van der Waals surface area contributed by atoms with Gasteiger partial charge in [-0.1, -0.05) is 31.5 Å². The third kappa shape index (κ3) is 5.89. The van der Waals surface area contributed by atoms with Crippen LogP contribution in [0.3, 0.4) is 0 Å². The molecule has 6 nitrogen and oxygen atoms in total. The summed E-state index contributed by atoms with van der Waals surface area (Å²) in [5.41, 5.74) is 0.717. The van der Waals surface area contributed by atoms with Gasteiger partial charge in [-0.15, -0.1) is 0 Å². The number of amides is 1. The fourth-order valence-electron chi connectivity index (χ4n) is 2.70. The molecule has 0 aromatic heterocycles. The lowest BCUT2D eigenvalue weighted by atomic mass is 10.2. The molecular formula is C17H27N3O3S. The minimum atomic E-state index is -3.15. The fraction of sp³-hybridized carbons (Fsp3) is 0.588. The molecule has 0 bridgehead atoms. The van der Waals surface area contributed by atoms with E-state index in [1.165, 1.54) is 0 Å². The van der Waals surface area contributed by atoms with E-state index >= 15 is 0 Å². The molecular weight excluding hydrogens is 326 g/mol. The number of piperazine rings is 1. The molecule has 24 heavy (non-hydrogen) atoms. The van der Waals surface area contributed by atoms with Gasteiger partial charge in [0.1, 0.15) is 0 Å². The second-order valence-electron chi connectivity index (χ2n) is 6.07. The summed E-state index contributed by atoms with van der Waals surface area (Å²) in [7, 11) is -3.15. The van der Waals surface area contributed by atoms with Crippen molar-refractivity contribution >= 4 is 15.9 Å². The van der Waals surface area contributed by atoms with Crippen LogP contribution in [0, 0.1) is 0 Å². The van der Waals surface area contributed by atoms with Gasteiger partial charge in [-0.3, -0.25) is 9.69 Å². The normalized spacial score (nSPS) is 16.3. The lowest BCUT2D eigenvalue weighted by Crippen LogP contribution is -2.50. The Morgan fingerprint density at radius 2 is 1.79 bits per heavy atom. The molecule has 134 valence electrons. The topological polar surface area (TPSA) is 69.7 Å². The summed E-state index contributed by atoms with van der Waals surface area (Å²) >= 11 is 0. The summed E-state index contributed by atoms with van der Waals surface area (Å²) in [6.07, 6.45) is 1.56. The number of nitrogens with zero attached hydrogens (tertiary/aromatic N) is 2. The van der Waals surface area contributed by atoms with Crippen molar-refractivity contribution in [3.05, 3.63) is 35.9 Å². The highest BCUT2D eigenvalue weighted by atomic mass is 32.2. The Bertz CT molecular complexity index is 611. The fourth-order valence-corrected chi connectivity index (χ4v) is 3.92. The van der Waals surface area contributed by atoms with E-state index in [9.17, 15) is 13.2 Å². The van der Waals surface area contributed by atoms with Gasteiger partial charge >= 0.3 is 0 Å². The van der Waals surface area contributed by atoms with E-state index < -0.39 is 10.0 Å². The van der Waals surface area contributed by atoms with Gasteiger partial charge in [0.2, 0.25) is 10.0 Å². The van der Waals surface area contributed by atoms with Crippen molar-refractivity contribution in [3.63, 3.8) is 0 Å². The van der Waals surface area contributed by atoms with Crippen molar-refractivity contribution in [3.8, 4) is 0 Å².